The Morgan fingerprint density at radius 2 is 1.84 bits per heavy atom. The molecule has 0 spiro atoms. The maximum absolute atomic E-state index is 13.5. The molecule has 5 rings (SSSR count). The van der Waals surface area contributed by atoms with E-state index in [4.69, 9.17) is 0 Å². The van der Waals surface area contributed by atoms with Crippen molar-refractivity contribution < 1.29 is 18.9 Å². The average molecular weight is 518 g/mol. The van der Waals surface area contributed by atoms with Gasteiger partial charge in [0.25, 0.3) is 5.91 Å². The van der Waals surface area contributed by atoms with E-state index in [1.165, 1.54) is 18.3 Å². The fourth-order valence-corrected chi connectivity index (χ4v) is 5.67. The first kappa shape index (κ1) is 24.6. The second-order valence-electron chi connectivity index (χ2n) is 9.18. The van der Waals surface area contributed by atoms with Gasteiger partial charge in [-0.05, 0) is 43.2 Å². The van der Waals surface area contributed by atoms with E-state index < -0.39 is 7.14 Å². The Morgan fingerprint density at radius 1 is 1.08 bits per heavy atom. The van der Waals surface area contributed by atoms with E-state index in [1.807, 2.05) is 24.3 Å². The van der Waals surface area contributed by atoms with Gasteiger partial charge in [-0.15, -0.1) is 5.10 Å². The van der Waals surface area contributed by atoms with Gasteiger partial charge in [0.2, 0.25) is 0 Å². The first-order valence-electron chi connectivity index (χ1n) is 11.7. The number of rotatable bonds is 5. The molecular weight excluding hydrogens is 492 g/mol. The summed E-state index contributed by atoms with van der Waals surface area (Å²) in [5.74, 6) is -0.958. The van der Waals surface area contributed by atoms with E-state index >= 15 is 0 Å². The maximum atomic E-state index is 13.5. The number of carbonyl (C=O) groups excluding carboxylic acids is 1. The van der Waals surface area contributed by atoms with Crippen molar-refractivity contribution in [2.45, 2.75) is 13.1 Å². The molecule has 0 atom stereocenters. The fraction of sp³-hybridized carbons (Fsp3) is 0.185. The Labute approximate surface area is 212 Å². The van der Waals surface area contributed by atoms with Crippen molar-refractivity contribution in [3.05, 3.63) is 95.0 Å². The predicted octanol–water partition coefficient (Wildman–Crippen LogP) is 3.72. The van der Waals surface area contributed by atoms with Crippen molar-refractivity contribution in [2.24, 2.45) is 10.2 Å². The molecule has 0 unspecified atom stereocenters. The van der Waals surface area contributed by atoms with Crippen LogP contribution in [0.2, 0.25) is 0 Å². The minimum atomic E-state index is -2.53. The lowest BCUT2D eigenvalue weighted by molar-refractivity contribution is 0.0681. The largest absolute Gasteiger partial charge is 0.504 e. The van der Waals surface area contributed by atoms with Crippen molar-refractivity contribution in [3.63, 3.8) is 0 Å². The number of carbonyl (C=O) groups is 1. The Hall–Kier alpha value is -4.10. The van der Waals surface area contributed by atoms with Crippen LogP contribution in [-0.2, 0) is 17.7 Å². The summed E-state index contributed by atoms with van der Waals surface area (Å²) in [6, 6.07) is 16.8. The highest BCUT2D eigenvalue weighted by molar-refractivity contribution is 7.70. The van der Waals surface area contributed by atoms with E-state index in [-0.39, 0.29) is 35.2 Å². The molecule has 1 amide bonds. The number of hydrogen-bond acceptors (Lipinski definition) is 6. The second kappa shape index (κ2) is 9.75. The summed E-state index contributed by atoms with van der Waals surface area (Å²) < 4.78 is 27.7. The van der Waals surface area contributed by atoms with E-state index in [2.05, 4.69) is 15.2 Å². The van der Waals surface area contributed by atoms with Crippen molar-refractivity contribution in [1.29, 1.82) is 0 Å². The molecule has 1 aliphatic rings. The van der Waals surface area contributed by atoms with Crippen LogP contribution >= 0.6 is 7.14 Å². The van der Waals surface area contributed by atoms with Crippen LogP contribution in [0.1, 0.15) is 21.6 Å². The summed E-state index contributed by atoms with van der Waals surface area (Å²) in [6.45, 7) is 4.40. The number of halogens is 1. The monoisotopic (exact) mass is 517 g/mol. The van der Waals surface area contributed by atoms with Gasteiger partial charge in [-0.2, -0.15) is 5.10 Å². The van der Waals surface area contributed by atoms with Gasteiger partial charge in [-0.3, -0.25) is 9.78 Å². The third-order valence-electron chi connectivity index (χ3n) is 6.26. The number of amides is 1. The van der Waals surface area contributed by atoms with Crippen LogP contribution in [-0.4, -0.2) is 51.6 Å². The SMILES string of the molecule is CP(C)(=O)c1ccccc1/C=N\N=c1\c2cccnc2c(O)c2n1CCN(Cc1ccc(F)cc1)C2=O. The zero-order chi connectivity index (χ0) is 26.2. The number of nitrogens with zero attached hydrogens (tertiary/aromatic N) is 5. The summed E-state index contributed by atoms with van der Waals surface area (Å²) >= 11 is 0. The highest BCUT2D eigenvalue weighted by Crippen LogP contribution is 2.35. The lowest BCUT2D eigenvalue weighted by Gasteiger charge is -2.31. The number of aromatic hydroxyl groups is 1. The van der Waals surface area contributed by atoms with E-state index in [0.717, 1.165) is 5.56 Å². The summed E-state index contributed by atoms with van der Waals surface area (Å²) in [5.41, 5.74) is 2.17. The van der Waals surface area contributed by atoms with Gasteiger partial charge in [0, 0.05) is 42.1 Å². The van der Waals surface area contributed by atoms with Crippen LogP contribution in [0, 0.1) is 5.82 Å². The predicted molar refractivity (Wildman–Crippen MR) is 141 cm³/mol. The van der Waals surface area contributed by atoms with E-state index in [9.17, 15) is 18.9 Å². The zero-order valence-corrected chi connectivity index (χ0v) is 21.3. The third-order valence-corrected chi connectivity index (χ3v) is 7.83. The van der Waals surface area contributed by atoms with Crippen LogP contribution in [0.25, 0.3) is 10.9 Å². The molecule has 10 heteroatoms. The van der Waals surface area contributed by atoms with Gasteiger partial charge in [0.05, 0.1) is 6.21 Å². The molecule has 1 aliphatic heterocycles. The molecule has 0 bridgehead atoms. The molecule has 0 aliphatic carbocycles. The van der Waals surface area contributed by atoms with Crippen molar-refractivity contribution in [2.75, 3.05) is 19.9 Å². The van der Waals surface area contributed by atoms with Crippen LogP contribution in [0.3, 0.4) is 0 Å². The van der Waals surface area contributed by atoms with Gasteiger partial charge in [0.15, 0.2) is 16.9 Å². The fourth-order valence-electron chi connectivity index (χ4n) is 4.47. The van der Waals surface area contributed by atoms with Gasteiger partial charge >= 0.3 is 0 Å². The van der Waals surface area contributed by atoms with Crippen molar-refractivity contribution in [1.82, 2.24) is 14.5 Å². The second-order valence-corrected chi connectivity index (χ2v) is 12.4. The first-order valence-corrected chi connectivity index (χ1v) is 14.3. The number of fused-ring (bicyclic) bond motifs is 2. The number of hydrogen-bond donors (Lipinski definition) is 1. The minimum absolute atomic E-state index is 0.0699. The van der Waals surface area contributed by atoms with Gasteiger partial charge < -0.3 is 19.1 Å². The quantitative estimate of drug-likeness (QED) is 0.248. The van der Waals surface area contributed by atoms with Gasteiger partial charge in [-0.1, -0.05) is 36.4 Å². The summed E-state index contributed by atoms with van der Waals surface area (Å²) in [4.78, 5) is 19.4. The lowest BCUT2D eigenvalue weighted by Crippen LogP contribution is -2.44. The average Bonchev–Trinajstić information content (AvgIpc) is 2.88. The number of aromatic nitrogens is 2. The number of benzene rings is 2. The molecule has 2 aromatic heterocycles. The summed E-state index contributed by atoms with van der Waals surface area (Å²) in [5, 5.41) is 21.0. The summed E-state index contributed by atoms with van der Waals surface area (Å²) in [7, 11) is -2.53. The molecule has 8 nitrogen and oxygen atoms in total. The molecule has 0 radical (unpaired) electrons. The highest BCUT2D eigenvalue weighted by Gasteiger charge is 2.30. The topological polar surface area (TPSA) is 100 Å². The van der Waals surface area contributed by atoms with E-state index in [0.29, 0.717) is 34.8 Å². The standard InChI is InChI=1S/C27H25FN5O3P/c1-37(2,36)22-8-4-3-6-19(22)16-30-31-26-21-7-5-13-29-23(21)25(34)24-27(35)32(14-15-33(24)26)17-18-9-11-20(28)12-10-18/h3-13,16,34H,14-15,17H2,1-2H3/b30-16-,31-26-. The van der Waals surface area contributed by atoms with Crippen LogP contribution < -0.4 is 10.8 Å². The smallest absolute Gasteiger partial charge is 0.274 e. The molecular formula is C27H25FN5O3P. The number of pyridine rings is 2. The molecule has 0 saturated heterocycles. The van der Waals surface area contributed by atoms with Gasteiger partial charge in [-0.25, -0.2) is 4.39 Å². The molecule has 188 valence electrons. The molecule has 2 aromatic carbocycles. The van der Waals surface area contributed by atoms with Crippen LogP contribution in [0.15, 0.2) is 77.1 Å². The Kier molecular flexibility index (Phi) is 6.48. The molecule has 3 heterocycles. The molecule has 0 saturated carbocycles. The molecule has 1 N–H and O–H groups in total. The van der Waals surface area contributed by atoms with Crippen molar-refractivity contribution >= 4 is 35.5 Å². The molecule has 4 aromatic rings. The minimum Gasteiger partial charge on any atom is -0.504 e. The lowest BCUT2D eigenvalue weighted by atomic mass is 10.1. The maximum Gasteiger partial charge on any atom is 0.274 e. The zero-order valence-electron chi connectivity index (χ0n) is 20.4. The van der Waals surface area contributed by atoms with Gasteiger partial charge in [0.1, 0.15) is 18.5 Å². The third kappa shape index (κ3) is 4.82. The highest BCUT2D eigenvalue weighted by atomic mass is 31.2. The Bertz CT molecular complexity index is 1660. The normalized spacial score (nSPS) is 14.5. The molecule has 37 heavy (non-hydrogen) atoms. The Balaban J connectivity index is 1.60. The van der Waals surface area contributed by atoms with Crippen LogP contribution in [0.5, 0.6) is 5.75 Å². The first-order chi connectivity index (χ1) is 17.7. The van der Waals surface area contributed by atoms with Crippen LogP contribution in [0.4, 0.5) is 4.39 Å². The van der Waals surface area contributed by atoms with E-state index in [1.54, 1.807) is 53.3 Å². The summed E-state index contributed by atoms with van der Waals surface area (Å²) in [6.07, 6.45) is 3.08. The van der Waals surface area contributed by atoms with Crippen molar-refractivity contribution in [3.8, 4) is 5.75 Å². The molecule has 0 fully saturated rings. The Morgan fingerprint density at radius 3 is 2.59 bits per heavy atom.